The lowest BCUT2D eigenvalue weighted by atomic mass is 10.0. The van der Waals surface area contributed by atoms with Gasteiger partial charge < -0.3 is 18.9 Å². The molecule has 1 fully saturated rings. The Labute approximate surface area is 238 Å². The molecule has 1 atom stereocenters. The number of ether oxygens (including phenoxy) is 4. The highest BCUT2D eigenvalue weighted by Gasteiger charge is 2.26. The Hall–Kier alpha value is -3.54. The summed E-state index contributed by atoms with van der Waals surface area (Å²) in [5.41, 5.74) is 1.36. The van der Waals surface area contributed by atoms with Gasteiger partial charge in [0.05, 0.1) is 36.7 Å². The zero-order valence-electron chi connectivity index (χ0n) is 22.5. The van der Waals surface area contributed by atoms with Crippen LogP contribution in [0.3, 0.4) is 0 Å². The van der Waals surface area contributed by atoms with Crippen molar-refractivity contribution < 1.29 is 23.7 Å². The first-order valence-corrected chi connectivity index (χ1v) is 13.8. The summed E-state index contributed by atoms with van der Waals surface area (Å²) < 4.78 is 24.0. The number of hydrogen-bond acceptors (Lipinski definition) is 6. The first kappa shape index (κ1) is 28.5. The molecule has 0 radical (unpaired) electrons. The van der Waals surface area contributed by atoms with Crippen LogP contribution in [0.4, 0.5) is 10.5 Å². The van der Waals surface area contributed by atoms with Gasteiger partial charge in [-0.2, -0.15) is 5.26 Å². The molecule has 3 aromatic carbocycles. The monoisotopic (exact) mass is 592 g/mol. The number of nitriles is 1. The largest absolute Gasteiger partial charge is 0.488 e. The Morgan fingerprint density at radius 1 is 1.15 bits per heavy atom. The Morgan fingerprint density at radius 2 is 1.95 bits per heavy atom. The van der Waals surface area contributed by atoms with Gasteiger partial charge in [0.1, 0.15) is 18.0 Å². The van der Waals surface area contributed by atoms with E-state index < -0.39 is 11.7 Å². The van der Waals surface area contributed by atoms with Crippen molar-refractivity contribution in [2.45, 2.75) is 58.5 Å². The second kappa shape index (κ2) is 13.0. The fourth-order valence-electron chi connectivity index (χ4n) is 4.16. The third-order valence-corrected chi connectivity index (χ3v) is 6.87. The maximum Gasteiger partial charge on any atom is 0.415 e. The maximum absolute atomic E-state index is 13.4. The molecule has 1 aliphatic rings. The summed E-state index contributed by atoms with van der Waals surface area (Å²) in [5, 5.41) is 11.1. The zero-order chi connectivity index (χ0) is 27.8. The van der Waals surface area contributed by atoms with E-state index in [9.17, 15) is 10.1 Å². The molecule has 0 aromatic heterocycles. The third-order valence-electron chi connectivity index (χ3n) is 6.04. The van der Waals surface area contributed by atoms with Crippen LogP contribution in [0, 0.1) is 11.3 Å². The second-order valence-electron chi connectivity index (χ2n) is 10.2. The van der Waals surface area contributed by atoms with E-state index in [2.05, 4.69) is 22.0 Å². The van der Waals surface area contributed by atoms with Crippen molar-refractivity contribution in [3.8, 4) is 11.8 Å². The average molecular weight is 594 g/mol. The minimum Gasteiger partial charge on any atom is -0.488 e. The minimum absolute atomic E-state index is 0.182. The first-order valence-electron chi connectivity index (χ1n) is 13.0. The second-order valence-corrected chi connectivity index (χ2v) is 11.0. The number of benzene rings is 3. The number of anilines is 1. The number of carbonyl (C=O) groups excluding carboxylic acids is 1. The van der Waals surface area contributed by atoms with Crippen molar-refractivity contribution in [2.75, 3.05) is 18.1 Å². The topological polar surface area (TPSA) is 81.0 Å². The molecule has 1 saturated heterocycles. The van der Waals surface area contributed by atoms with Crippen molar-refractivity contribution in [3.63, 3.8) is 0 Å². The number of nitrogens with zero attached hydrogens (tertiary/aromatic N) is 2. The number of fused-ring (bicyclic) bond motifs is 1. The minimum atomic E-state index is -0.699. The maximum atomic E-state index is 13.4. The number of hydrogen-bond donors (Lipinski definition) is 0. The highest BCUT2D eigenvalue weighted by molar-refractivity contribution is 9.10. The Morgan fingerprint density at radius 3 is 2.64 bits per heavy atom. The molecular weight excluding hydrogens is 560 g/mol. The molecule has 39 heavy (non-hydrogen) atoms. The summed E-state index contributed by atoms with van der Waals surface area (Å²) in [6.07, 6.45) is 5.46. The van der Waals surface area contributed by atoms with Crippen LogP contribution in [0.5, 0.6) is 5.75 Å². The van der Waals surface area contributed by atoms with Crippen molar-refractivity contribution in [1.29, 1.82) is 5.26 Å². The highest BCUT2D eigenvalue weighted by atomic mass is 79.9. The van der Waals surface area contributed by atoms with E-state index in [1.807, 2.05) is 63.2 Å². The molecule has 1 amide bonds. The lowest BCUT2D eigenvalue weighted by molar-refractivity contribution is -0.129. The molecule has 0 aliphatic carbocycles. The van der Waals surface area contributed by atoms with Crippen molar-refractivity contribution in [3.05, 3.63) is 82.5 Å². The van der Waals surface area contributed by atoms with Gasteiger partial charge in [-0.25, -0.2) is 4.79 Å². The molecule has 1 aliphatic heterocycles. The van der Waals surface area contributed by atoms with E-state index in [-0.39, 0.29) is 12.8 Å². The third kappa shape index (κ3) is 7.75. The lowest BCUT2D eigenvalue weighted by Crippen LogP contribution is -2.37. The van der Waals surface area contributed by atoms with Crippen LogP contribution in [-0.2, 0) is 20.8 Å². The van der Waals surface area contributed by atoms with Crippen molar-refractivity contribution >= 4 is 38.5 Å². The molecule has 8 heteroatoms. The summed E-state index contributed by atoms with van der Waals surface area (Å²) in [6.45, 7) is 6.69. The van der Waals surface area contributed by atoms with Crippen LogP contribution >= 0.6 is 15.9 Å². The first-order chi connectivity index (χ1) is 18.7. The number of halogens is 1. The van der Waals surface area contributed by atoms with Crippen molar-refractivity contribution in [2.24, 2.45) is 0 Å². The van der Waals surface area contributed by atoms with Gasteiger partial charge in [0.15, 0.2) is 6.29 Å². The zero-order valence-corrected chi connectivity index (χ0v) is 24.1. The molecule has 204 valence electrons. The molecule has 7 nitrogen and oxygen atoms in total. The molecular formula is C31H33BrN2O5. The number of amides is 1. The van der Waals surface area contributed by atoms with Gasteiger partial charge in [0.2, 0.25) is 0 Å². The summed E-state index contributed by atoms with van der Waals surface area (Å²) >= 11 is 3.71. The van der Waals surface area contributed by atoms with E-state index in [1.165, 1.54) is 4.90 Å². The standard InChI is InChI=1S/C31H33BrN2O5/c1-31(2,3)39-30(35)34(15-9-17-37-28-12-7-8-16-36-28)26-19-27(38-21-22-10-5-4-6-11-22)24-14-13-23(20-33)18-25(24)29(26)32/h4-6,9-11,13-14,17-19,28H,7-8,12,15-16,21H2,1-3H3. The van der Waals surface area contributed by atoms with Crippen LogP contribution in [0.2, 0.25) is 0 Å². The van der Waals surface area contributed by atoms with Gasteiger partial charge in [-0.1, -0.05) is 30.3 Å². The normalized spacial score (nSPS) is 15.6. The van der Waals surface area contributed by atoms with Crippen molar-refractivity contribution in [1.82, 2.24) is 0 Å². The SMILES string of the molecule is CC(C)(C)OC(=O)N(CC=COC1CCCCO1)c1cc(OCc2ccccc2)c2ccc(C#N)cc2c1Br. The fourth-order valence-corrected chi connectivity index (χ4v) is 4.82. The van der Waals surface area contributed by atoms with E-state index >= 15 is 0 Å². The molecule has 0 bridgehead atoms. The van der Waals surface area contributed by atoms with E-state index in [0.29, 0.717) is 34.7 Å². The smallest absolute Gasteiger partial charge is 0.415 e. The number of carbonyl (C=O) groups is 1. The van der Waals surface area contributed by atoms with Gasteiger partial charge in [-0.15, -0.1) is 0 Å². The van der Waals surface area contributed by atoms with E-state index in [0.717, 1.165) is 35.6 Å². The number of rotatable bonds is 8. The Balaban J connectivity index is 1.71. The fraction of sp³-hybridized carbons (Fsp3) is 0.355. The quantitative estimate of drug-likeness (QED) is 0.248. The van der Waals surface area contributed by atoms with Crippen LogP contribution in [0.15, 0.2) is 71.4 Å². The van der Waals surface area contributed by atoms with E-state index in [1.54, 1.807) is 24.5 Å². The molecule has 0 N–H and O–H groups in total. The van der Waals surface area contributed by atoms with Crippen LogP contribution < -0.4 is 9.64 Å². The van der Waals surface area contributed by atoms with Crippen LogP contribution in [0.1, 0.15) is 51.2 Å². The summed E-state index contributed by atoms with van der Waals surface area (Å²) in [5.74, 6) is 0.584. The highest BCUT2D eigenvalue weighted by Crippen LogP contribution is 2.41. The predicted molar refractivity (Wildman–Crippen MR) is 155 cm³/mol. The summed E-state index contributed by atoms with van der Waals surface area (Å²) in [7, 11) is 0. The molecule has 1 heterocycles. The summed E-state index contributed by atoms with van der Waals surface area (Å²) in [6, 6.07) is 19.3. The molecule has 0 spiro atoms. The molecule has 4 rings (SSSR count). The van der Waals surface area contributed by atoms with Gasteiger partial charge >= 0.3 is 6.09 Å². The molecule has 3 aromatic rings. The van der Waals surface area contributed by atoms with Gasteiger partial charge in [0, 0.05) is 27.7 Å². The van der Waals surface area contributed by atoms with Gasteiger partial charge in [-0.05, 0) is 79.4 Å². The predicted octanol–water partition coefficient (Wildman–Crippen LogP) is 7.85. The van der Waals surface area contributed by atoms with Gasteiger partial charge in [0.25, 0.3) is 0 Å². The average Bonchev–Trinajstić information content (AvgIpc) is 2.93. The molecule has 0 saturated carbocycles. The Kier molecular flexibility index (Phi) is 9.50. The van der Waals surface area contributed by atoms with E-state index in [4.69, 9.17) is 18.9 Å². The van der Waals surface area contributed by atoms with Crippen LogP contribution in [0.25, 0.3) is 10.8 Å². The summed E-state index contributed by atoms with van der Waals surface area (Å²) in [4.78, 5) is 15.0. The Bertz CT molecular complexity index is 1360. The lowest BCUT2D eigenvalue weighted by Gasteiger charge is -2.28. The molecule has 1 unspecified atom stereocenters. The van der Waals surface area contributed by atoms with Crippen LogP contribution in [-0.4, -0.2) is 31.1 Å². The van der Waals surface area contributed by atoms with Gasteiger partial charge in [-0.3, -0.25) is 4.90 Å².